The number of anilines is 1. The van der Waals surface area contributed by atoms with Crippen LogP contribution in [0.4, 0.5) is 5.69 Å². The Hall–Kier alpha value is -1.84. The Morgan fingerprint density at radius 3 is 2.37 bits per heavy atom. The fourth-order valence-corrected chi connectivity index (χ4v) is 4.19. The van der Waals surface area contributed by atoms with E-state index in [1.54, 1.807) is 12.1 Å². The molecule has 0 heterocycles. The molecule has 0 aliphatic heterocycles. The molecule has 0 unspecified atom stereocenters. The maximum atomic E-state index is 12.4. The van der Waals surface area contributed by atoms with Crippen LogP contribution in [-0.2, 0) is 6.54 Å². The number of benzene rings is 2. The molecule has 0 radical (unpaired) electrons. The van der Waals surface area contributed by atoms with Crippen molar-refractivity contribution in [3.8, 4) is 0 Å². The molecule has 1 amide bonds. The minimum absolute atomic E-state index is 0.136. The van der Waals surface area contributed by atoms with Gasteiger partial charge in [-0.3, -0.25) is 4.79 Å². The van der Waals surface area contributed by atoms with Crippen molar-refractivity contribution < 1.29 is 9.28 Å². The van der Waals surface area contributed by atoms with Gasteiger partial charge in [-0.15, -0.1) is 0 Å². The summed E-state index contributed by atoms with van der Waals surface area (Å²) >= 11 is 6.13. The highest BCUT2D eigenvalue weighted by molar-refractivity contribution is 6.31. The average Bonchev–Trinajstić information content (AvgIpc) is 2.66. The minimum atomic E-state index is -0.136. The van der Waals surface area contributed by atoms with Crippen LogP contribution >= 0.6 is 11.6 Å². The van der Waals surface area contributed by atoms with Crippen molar-refractivity contribution in [1.29, 1.82) is 0 Å². The van der Waals surface area contributed by atoms with Gasteiger partial charge in [0.25, 0.3) is 5.91 Å². The van der Waals surface area contributed by atoms with Crippen LogP contribution in [0.3, 0.4) is 0 Å². The van der Waals surface area contributed by atoms with Crippen molar-refractivity contribution in [2.45, 2.75) is 51.6 Å². The quantitative estimate of drug-likeness (QED) is 0.646. The van der Waals surface area contributed by atoms with Crippen molar-refractivity contribution >= 4 is 23.2 Å². The fraction of sp³-hybridized carbons (Fsp3) is 0.435. The second-order valence-electron chi connectivity index (χ2n) is 8.34. The zero-order chi connectivity index (χ0) is 19.4. The van der Waals surface area contributed by atoms with Crippen molar-refractivity contribution in [1.82, 2.24) is 0 Å². The number of aryl methyl sites for hydroxylation is 1. The number of halogens is 1. The standard InChI is InChI=1S/C23H29ClN2O/c1-17-9-12-19(15-22(17)24)23(27)25-20-13-10-18(11-14-20)16-26(2,3)21-7-5-4-6-8-21/h9-15,21H,4-8,16H2,1-3H3/p+1. The van der Waals surface area contributed by atoms with E-state index >= 15 is 0 Å². The fourth-order valence-electron chi connectivity index (χ4n) is 4.01. The monoisotopic (exact) mass is 385 g/mol. The maximum absolute atomic E-state index is 12.4. The molecule has 0 aromatic heterocycles. The van der Waals surface area contributed by atoms with Gasteiger partial charge < -0.3 is 9.80 Å². The molecule has 2 aromatic carbocycles. The topological polar surface area (TPSA) is 29.1 Å². The summed E-state index contributed by atoms with van der Waals surface area (Å²) < 4.78 is 1.04. The zero-order valence-corrected chi connectivity index (χ0v) is 17.4. The molecule has 3 rings (SSSR count). The van der Waals surface area contributed by atoms with Crippen molar-refractivity contribution in [2.75, 3.05) is 19.4 Å². The normalized spacial score (nSPS) is 15.6. The molecule has 1 aliphatic rings. The molecular formula is C23H30ClN2O+. The first-order valence-corrected chi connectivity index (χ1v) is 10.2. The third kappa shape index (κ3) is 5.12. The summed E-state index contributed by atoms with van der Waals surface area (Å²) in [6, 6.07) is 14.4. The van der Waals surface area contributed by atoms with E-state index < -0.39 is 0 Å². The van der Waals surface area contributed by atoms with Crippen LogP contribution in [-0.4, -0.2) is 30.5 Å². The number of nitrogens with zero attached hydrogens (tertiary/aromatic N) is 1. The van der Waals surface area contributed by atoms with Crippen LogP contribution in [0.1, 0.15) is 53.6 Å². The molecule has 0 saturated heterocycles. The molecule has 0 bridgehead atoms. The Labute approximate surface area is 167 Å². The van der Waals surface area contributed by atoms with Gasteiger partial charge in [-0.1, -0.05) is 36.2 Å². The summed E-state index contributed by atoms with van der Waals surface area (Å²) in [6.45, 7) is 2.95. The summed E-state index contributed by atoms with van der Waals surface area (Å²) in [6.07, 6.45) is 6.78. The first-order chi connectivity index (χ1) is 12.8. The summed E-state index contributed by atoms with van der Waals surface area (Å²) in [5.74, 6) is -0.136. The molecule has 1 fully saturated rings. The Balaban J connectivity index is 1.62. The second kappa shape index (κ2) is 8.45. The van der Waals surface area contributed by atoms with Crippen LogP contribution in [0.25, 0.3) is 0 Å². The third-order valence-electron chi connectivity index (χ3n) is 5.80. The van der Waals surface area contributed by atoms with E-state index in [4.69, 9.17) is 11.6 Å². The number of carbonyl (C=O) groups is 1. The average molecular weight is 386 g/mol. The SMILES string of the molecule is Cc1ccc(C(=O)Nc2ccc(C[N+](C)(C)C3CCCCC3)cc2)cc1Cl. The van der Waals surface area contributed by atoms with Crippen LogP contribution in [0.2, 0.25) is 5.02 Å². The summed E-state index contributed by atoms with van der Waals surface area (Å²) in [5, 5.41) is 3.57. The van der Waals surface area contributed by atoms with E-state index in [9.17, 15) is 4.79 Å². The van der Waals surface area contributed by atoms with Gasteiger partial charge in [0, 0.05) is 21.8 Å². The molecule has 27 heavy (non-hydrogen) atoms. The van der Waals surface area contributed by atoms with Crippen LogP contribution < -0.4 is 5.32 Å². The lowest BCUT2D eigenvalue weighted by Crippen LogP contribution is -2.48. The highest BCUT2D eigenvalue weighted by atomic mass is 35.5. The van der Waals surface area contributed by atoms with E-state index in [1.165, 1.54) is 37.7 Å². The van der Waals surface area contributed by atoms with Gasteiger partial charge in [0.15, 0.2) is 0 Å². The van der Waals surface area contributed by atoms with Gasteiger partial charge in [-0.2, -0.15) is 0 Å². The van der Waals surface area contributed by atoms with E-state index in [2.05, 4.69) is 31.5 Å². The van der Waals surface area contributed by atoms with Gasteiger partial charge in [0.2, 0.25) is 0 Å². The van der Waals surface area contributed by atoms with Gasteiger partial charge in [-0.05, 0) is 62.4 Å². The lowest BCUT2D eigenvalue weighted by molar-refractivity contribution is -0.929. The van der Waals surface area contributed by atoms with Crippen LogP contribution in [0.15, 0.2) is 42.5 Å². The largest absolute Gasteiger partial charge is 0.322 e. The first kappa shape index (κ1) is 19.9. The first-order valence-electron chi connectivity index (χ1n) is 9.84. The van der Waals surface area contributed by atoms with Gasteiger partial charge >= 0.3 is 0 Å². The third-order valence-corrected chi connectivity index (χ3v) is 6.21. The highest BCUT2D eigenvalue weighted by Crippen LogP contribution is 2.28. The van der Waals surface area contributed by atoms with Crippen LogP contribution in [0.5, 0.6) is 0 Å². The minimum Gasteiger partial charge on any atom is -0.322 e. The second-order valence-corrected chi connectivity index (χ2v) is 8.75. The van der Waals surface area contributed by atoms with Crippen LogP contribution in [0, 0.1) is 6.92 Å². The Kier molecular flexibility index (Phi) is 6.23. The maximum Gasteiger partial charge on any atom is 0.255 e. The number of nitrogens with one attached hydrogen (secondary N) is 1. The predicted octanol–water partition coefficient (Wildman–Crippen LogP) is 5.81. The number of hydrogen-bond donors (Lipinski definition) is 1. The molecule has 1 aliphatic carbocycles. The summed E-state index contributed by atoms with van der Waals surface area (Å²) in [4.78, 5) is 12.4. The van der Waals surface area contributed by atoms with Gasteiger partial charge in [-0.25, -0.2) is 0 Å². The Morgan fingerprint density at radius 2 is 1.74 bits per heavy atom. The molecule has 144 valence electrons. The molecular weight excluding hydrogens is 356 g/mol. The molecule has 1 saturated carbocycles. The summed E-state index contributed by atoms with van der Waals surface area (Å²) in [7, 11) is 4.68. The smallest absolute Gasteiger partial charge is 0.255 e. The number of quaternary nitrogens is 1. The lowest BCUT2D eigenvalue weighted by Gasteiger charge is -2.40. The number of amides is 1. The van der Waals surface area contributed by atoms with E-state index in [1.807, 2.05) is 25.1 Å². The van der Waals surface area contributed by atoms with Gasteiger partial charge in [0.05, 0.1) is 20.1 Å². The Morgan fingerprint density at radius 1 is 1.07 bits per heavy atom. The number of carbonyl (C=O) groups excluding carboxylic acids is 1. The van der Waals surface area contributed by atoms with Crippen molar-refractivity contribution in [2.24, 2.45) is 0 Å². The molecule has 2 aromatic rings. The molecule has 0 atom stereocenters. The number of rotatable bonds is 5. The highest BCUT2D eigenvalue weighted by Gasteiger charge is 2.29. The molecule has 0 spiro atoms. The van der Waals surface area contributed by atoms with E-state index in [0.717, 1.165) is 28.3 Å². The Bertz CT molecular complexity index is 793. The zero-order valence-electron chi connectivity index (χ0n) is 16.6. The van der Waals surface area contributed by atoms with Crippen molar-refractivity contribution in [3.05, 3.63) is 64.2 Å². The van der Waals surface area contributed by atoms with E-state index in [0.29, 0.717) is 10.6 Å². The summed E-state index contributed by atoms with van der Waals surface area (Å²) in [5.41, 5.74) is 3.66. The van der Waals surface area contributed by atoms with Gasteiger partial charge in [0.1, 0.15) is 6.54 Å². The lowest BCUT2D eigenvalue weighted by atomic mass is 9.92. The van der Waals surface area contributed by atoms with Crippen molar-refractivity contribution in [3.63, 3.8) is 0 Å². The molecule has 3 nitrogen and oxygen atoms in total. The van der Waals surface area contributed by atoms with E-state index in [-0.39, 0.29) is 5.91 Å². The molecule has 4 heteroatoms. The number of hydrogen-bond acceptors (Lipinski definition) is 1. The molecule has 1 N–H and O–H groups in total. The predicted molar refractivity (Wildman–Crippen MR) is 113 cm³/mol.